The van der Waals surface area contributed by atoms with Crippen LogP contribution in [0.4, 0.5) is 0 Å². The maximum atomic E-state index is 9.46. The first-order valence-corrected chi connectivity index (χ1v) is 6.61. The van der Waals surface area contributed by atoms with E-state index in [1.54, 1.807) is 0 Å². The molecule has 0 radical (unpaired) electrons. The van der Waals surface area contributed by atoms with Crippen LogP contribution in [0.1, 0.15) is 46.0 Å². The summed E-state index contributed by atoms with van der Waals surface area (Å²) in [6.07, 6.45) is 5.62. The molecule has 0 aromatic carbocycles. The summed E-state index contributed by atoms with van der Waals surface area (Å²) in [6, 6.07) is 0.524. The zero-order valence-corrected chi connectivity index (χ0v) is 10.8. The van der Waals surface area contributed by atoms with Crippen molar-refractivity contribution in [1.82, 2.24) is 4.90 Å². The second kappa shape index (κ2) is 6.58. The molecule has 2 N–H and O–H groups in total. The molecule has 0 saturated carbocycles. The Bertz CT molecular complexity index is 190. The Hall–Kier alpha value is -0.120. The van der Waals surface area contributed by atoms with E-state index < -0.39 is 0 Å². The SMILES string of the molecule is CCC(C)(CO)CN1CCCCC1CCO. The van der Waals surface area contributed by atoms with Crippen molar-refractivity contribution in [2.75, 3.05) is 26.3 Å². The standard InChI is InChI=1S/C13H27NO2/c1-3-13(2,11-16)10-14-8-5-4-6-12(14)7-9-15/h12,15-16H,3-11H2,1-2H3. The monoisotopic (exact) mass is 229 g/mol. The van der Waals surface area contributed by atoms with E-state index >= 15 is 0 Å². The van der Waals surface area contributed by atoms with Crippen LogP contribution in [0.5, 0.6) is 0 Å². The summed E-state index contributed by atoms with van der Waals surface area (Å²) in [4.78, 5) is 2.47. The third kappa shape index (κ3) is 3.72. The van der Waals surface area contributed by atoms with Crippen molar-refractivity contribution in [2.24, 2.45) is 5.41 Å². The minimum Gasteiger partial charge on any atom is -0.396 e. The van der Waals surface area contributed by atoms with Crippen LogP contribution in [-0.2, 0) is 0 Å². The second-order valence-electron chi connectivity index (χ2n) is 5.45. The van der Waals surface area contributed by atoms with Gasteiger partial charge in [-0.1, -0.05) is 20.3 Å². The van der Waals surface area contributed by atoms with Gasteiger partial charge in [-0.25, -0.2) is 0 Å². The number of likely N-dealkylation sites (tertiary alicyclic amines) is 1. The number of rotatable bonds is 6. The lowest BCUT2D eigenvalue weighted by molar-refractivity contribution is 0.0389. The van der Waals surface area contributed by atoms with Crippen molar-refractivity contribution in [2.45, 2.75) is 52.0 Å². The van der Waals surface area contributed by atoms with Crippen LogP contribution >= 0.6 is 0 Å². The fraction of sp³-hybridized carbons (Fsp3) is 1.00. The van der Waals surface area contributed by atoms with Crippen molar-refractivity contribution in [3.63, 3.8) is 0 Å². The molecule has 0 aliphatic carbocycles. The number of piperidine rings is 1. The lowest BCUT2D eigenvalue weighted by Gasteiger charge is -2.41. The highest BCUT2D eigenvalue weighted by molar-refractivity contribution is 4.83. The Labute approximate surface area is 99.5 Å². The molecular formula is C13H27NO2. The molecule has 0 spiro atoms. The molecule has 2 atom stereocenters. The van der Waals surface area contributed by atoms with Gasteiger partial charge in [-0.3, -0.25) is 4.90 Å². The molecule has 96 valence electrons. The van der Waals surface area contributed by atoms with Gasteiger partial charge in [0.1, 0.15) is 0 Å². The number of hydrogen-bond acceptors (Lipinski definition) is 3. The summed E-state index contributed by atoms with van der Waals surface area (Å²) in [6.45, 7) is 6.92. The minimum absolute atomic E-state index is 0.0189. The molecule has 0 aromatic rings. The van der Waals surface area contributed by atoms with E-state index in [4.69, 9.17) is 5.11 Å². The van der Waals surface area contributed by atoms with Crippen LogP contribution in [0.25, 0.3) is 0 Å². The van der Waals surface area contributed by atoms with Gasteiger partial charge in [0.05, 0.1) is 0 Å². The van der Waals surface area contributed by atoms with Gasteiger partial charge >= 0.3 is 0 Å². The fourth-order valence-corrected chi connectivity index (χ4v) is 2.51. The largest absolute Gasteiger partial charge is 0.396 e. The zero-order valence-electron chi connectivity index (χ0n) is 10.8. The zero-order chi connectivity index (χ0) is 12.0. The molecule has 0 aromatic heterocycles. The van der Waals surface area contributed by atoms with Crippen LogP contribution in [0.2, 0.25) is 0 Å². The van der Waals surface area contributed by atoms with Crippen LogP contribution in [-0.4, -0.2) is 47.5 Å². The predicted octanol–water partition coefficient (Wildman–Crippen LogP) is 1.63. The third-order valence-electron chi connectivity index (χ3n) is 4.03. The van der Waals surface area contributed by atoms with E-state index in [1.807, 2.05) is 0 Å². The van der Waals surface area contributed by atoms with Crippen molar-refractivity contribution >= 4 is 0 Å². The smallest absolute Gasteiger partial charge is 0.0496 e. The summed E-state index contributed by atoms with van der Waals surface area (Å²) in [5.41, 5.74) is 0.0189. The normalized spacial score (nSPS) is 26.6. The second-order valence-corrected chi connectivity index (χ2v) is 5.45. The summed E-state index contributed by atoms with van der Waals surface area (Å²) in [5.74, 6) is 0. The summed E-state index contributed by atoms with van der Waals surface area (Å²) in [7, 11) is 0. The molecule has 1 rings (SSSR count). The van der Waals surface area contributed by atoms with Gasteiger partial charge in [0, 0.05) is 31.2 Å². The minimum atomic E-state index is 0.0189. The first-order valence-electron chi connectivity index (χ1n) is 6.61. The van der Waals surface area contributed by atoms with Crippen LogP contribution in [0.15, 0.2) is 0 Å². The molecule has 0 amide bonds. The van der Waals surface area contributed by atoms with Gasteiger partial charge < -0.3 is 10.2 Å². The molecule has 2 unspecified atom stereocenters. The highest BCUT2D eigenvalue weighted by atomic mass is 16.3. The molecule has 3 nitrogen and oxygen atoms in total. The molecule has 1 saturated heterocycles. The van der Waals surface area contributed by atoms with Gasteiger partial charge in [-0.15, -0.1) is 0 Å². The van der Waals surface area contributed by atoms with Crippen molar-refractivity contribution in [3.8, 4) is 0 Å². The Morgan fingerprint density at radius 3 is 2.62 bits per heavy atom. The van der Waals surface area contributed by atoms with E-state index in [-0.39, 0.29) is 18.6 Å². The number of nitrogens with zero attached hydrogens (tertiary/aromatic N) is 1. The highest BCUT2D eigenvalue weighted by Gasteiger charge is 2.29. The summed E-state index contributed by atoms with van der Waals surface area (Å²) >= 11 is 0. The Kier molecular flexibility index (Phi) is 5.73. The number of aliphatic hydroxyl groups excluding tert-OH is 2. The third-order valence-corrected chi connectivity index (χ3v) is 4.03. The van der Waals surface area contributed by atoms with E-state index in [1.165, 1.54) is 19.3 Å². The molecule has 1 aliphatic rings. The van der Waals surface area contributed by atoms with Crippen LogP contribution in [0, 0.1) is 5.41 Å². The van der Waals surface area contributed by atoms with Crippen molar-refractivity contribution < 1.29 is 10.2 Å². The van der Waals surface area contributed by atoms with Crippen molar-refractivity contribution in [1.29, 1.82) is 0 Å². The van der Waals surface area contributed by atoms with Gasteiger partial charge in [-0.05, 0) is 32.2 Å². The number of hydrogen-bond donors (Lipinski definition) is 2. The maximum Gasteiger partial charge on any atom is 0.0496 e. The highest BCUT2D eigenvalue weighted by Crippen LogP contribution is 2.27. The van der Waals surface area contributed by atoms with Gasteiger partial charge in [0.2, 0.25) is 0 Å². The molecular weight excluding hydrogens is 202 g/mol. The van der Waals surface area contributed by atoms with Gasteiger partial charge in [0.15, 0.2) is 0 Å². The topological polar surface area (TPSA) is 43.7 Å². The van der Waals surface area contributed by atoms with Crippen molar-refractivity contribution in [3.05, 3.63) is 0 Å². The molecule has 3 heteroatoms. The quantitative estimate of drug-likeness (QED) is 0.727. The van der Waals surface area contributed by atoms with E-state index in [0.29, 0.717) is 6.04 Å². The van der Waals surface area contributed by atoms with Gasteiger partial charge in [-0.2, -0.15) is 0 Å². The summed E-state index contributed by atoms with van der Waals surface area (Å²) in [5, 5.41) is 18.5. The first-order chi connectivity index (χ1) is 7.65. The lowest BCUT2D eigenvalue weighted by Crippen LogP contribution is -2.46. The lowest BCUT2D eigenvalue weighted by atomic mass is 9.86. The molecule has 1 heterocycles. The first kappa shape index (κ1) is 13.9. The van der Waals surface area contributed by atoms with E-state index in [9.17, 15) is 5.11 Å². The molecule has 1 fully saturated rings. The van der Waals surface area contributed by atoms with E-state index in [0.717, 1.165) is 25.9 Å². The Morgan fingerprint density at radius 2 is 2.06 bits per heavy atom. The molecule has 16 heavy (non-hydrogen) atoms. The Morgan fingerprint density at radius 1 is 1.31 bits per heavy atom. The average Bonchev–Trinajstić information content (AvgIpc) is 2.32. The van der Waals surface area contributed by atoms with Crippen LogP contribution < -0.4 is 0 Å². The number of aliphatic hydroxyl groups is 2. The molecule has 0 bridgehead atoms. The van der Waals surface area contributed by atoms with Crippen LogP contribution in [0.3, 0.4) is 0 Å². The maximum absolute atomic E-state index is 9.46. The van der Waals surface area contributed by atoms with E-state index in [2.05, 4.69) is 18.7 Å². The Balaban J connectivity index is 2.54. The fourth-order valence-electron chi connectivity index (χ4n) is 2.51. The molecule has 1 aliphatic heterocycles. The predicted molar refractivity (Wildman–Crippen MR) is 66.4 cm³/mol. The summed E-state index contributed by atoms with van der Waals surface area (Å²) < 4.78 is 0. The van der Waals surface area contributed by atoms with Gasteiger partial charge in [0.25, 0.3) is 0 Å². The average molecular weight is 229 g/mol.